The zero-order valence-electron chi connectivity index (χ0n) is 15.4. The molecule has 1 saturated carbocycles. The Morgan fingerprint density at radius 3 is 2.85 bits per heavy atom. The number of aromatic nitrogens is 1. The maximum absolute atomic E-state index is 12.9. The van der Waals surface area contributed by atoms with E-state index in [0.717, 1.165) is 19.3 Å². The maximum Gasteiger partial charge on any atom is 0.244 e. The summed E-state index contributed by atoms with van der Waals surface area (Å²) < 4.78 is 27.3. The van der Waals surface area contributed by atoms with Crippen LogP contribution in [-0.4, -0.2) is 60.7 Å². The van der Waals surface area contributed by atoms with Crippen molar-refractivity contribution in [2.24, 2.45) is 17.6 Å². The highest BCUT2D eigenvalue weighted by Crippen LogP contribution is 2.42. The fourth-order valence-corrected chi connectivity index (χ4v) is 5.88. The lowest BCUT2D eigenvalue weighted by Gasteiger charge is -2.31. The van der Waals surface area contributed by atoms with Crippen molar-refractivity contribution in [1.29, 1.82) is 0 Å². The normalized spacial score (nSPS) is 27.3. The second kappa shape index (κ2) is 7.62. The Labute approximate surface area is 155 Å². The van der Waals surface area contributed by atoms with E-state index < -0.39 is 16.1 Å². The highest BCUT2D eigenvalue weighted by molar-refractivity contribution is 7.89. The lowest BCUT2D eigenvalue weighted by atomic mass is 9.96. The van der Waals surface area contributed by atoms with Crippen molar-refractivity contribution in [1.82, 2.24) is 14.2 Å². The molecule has 1 amide bonds. The molecule has 3 rings (SSSR count). The first kappa shape index (κ1) is 19.3. The SMILES string of the molecule is CCC[C@H](N)C(=O)N(C)[C@H]1CC[C@@H]2CN(S(=O)(=O)c3cccnc3)C[C@@H]21. The first-order chi connectivity index (χ1) is 12.4. The minimum Gasteiger partial charge on any atom is -0.341 e. The van der Waals surface area contributed by atoms with Gasteiger partial charge < -0.3 is 10.6 Å². The minimum atomic E-state index is -3.53. The molecule has 1 aliphatic heterocycles. The molecule has 2 heterocycles. The van der Waals surface area contributed by atoms with Gasteiger partial charge in [0, 0.05) is 38.6 Å². The molecular weight excluding hydrogens is 352 g/mol. The number of rotatable bonds is 6. The third-order valence-corrected chi connectivity index (χ3v) is 7.63. The van der Waals surface area contributed by atoms with Crippen LogP contribution >= 0.6 is 0 Å². The minimum absolute atomic E-state index is 0.0360. The van der Waals surface area contributed by atoms with Crippen molar-refractivity contribution in [2.75, 3.05) is 20.1 Å². The molecule has 7 nitrogen and oxygen atoms in total. The van der Waals surface area contributed by atoms with Gasteiger partial charge in [0.15, 0.2) is 0 Å². The maximum atomic E-state index is 12.9. The van der Waals surface area contributed by atoms with Gasteiger partial charge in [-0.05, 0) is 43.2 Å². The van der Waals surface area contributed by atoms with Crippen molar-refractivity contribution in [2.45, 2.75) is 49.6 Å². The van der Waals surface area contributed by atoms with Gasteiger partial charge in [-0.2, -0.15) is 4.31 Å². The molecule has 1 aliphatic carbocycles. The summed E-state index contributed by atoms with van der Waals surface area (Å²) in [6.07, 6.45) is 6.35. The summed E-state index contributed by atoms with van der Waals surface area (Å²) in [5.41, 5.74) is 6.00. The van der Waals surface area contributed by atoms with E-state index in [1.807, 2.05) is 14.0 Å². The number of hydrogen-bond acceptors (Lipinski definition) is 5. The highest BCUT2D eigenvalue weighted by atomic mass is 32.2. The first-order valence-electron chi connectivity index (χ1n) is 9.28. The Hall–Kier alpha value is -1.51. The Bertz CT molecular complexity index is 740. The van der Waals surface area contributed by atoms with E-state index >= 15 is 0 Å². The third kappa shape index (κ3) is 3.50. The smallest absolute Gasteiger partial charge is 0.244 e. The van der Waals surface area contributed by atoms with E-state index in [9.17, 15) is 13.2 Å². The van der Waals surface area contributed by atoms with Crippen LogP contribution in [0, 0.1) is 11.8 Å². The Balaban J connectivity index is 1.72. The van der Waals surface area contributed by atoms with E-state index in [1.54, 1.807) is 27.5 Å². The van der Waals surface area contributed by atoms with Crippen molar-refractivity contribution < 1.29 is 13.2 Å². The van der Waals surface area contributed by atoms with Crippen molar-refractivity contribution in [3.63, 3.8) is 0 Å². The number of carbonyl (C=O) groups is 1. The van der Waals surface area contributed by atoms with E-state index in [2.05, 4.69) is 4.98 Å². The van der Waals surface area contributed by atoms with Crippen LogP contribution in [0.2, 0.25) is 0 Å². The molecule has 1 saturated heterocycles. The number of carbonyl (C=O) groups excluding carboxylic acids is 1. The average Bonchev–Trinajstić information content (AvgIpc) is 3.22. The standard InChI is InChI=1S/C18H28N4O3S/c1-3-5-16(19)18(23)21(2)17-8-7-13-11-22(12-15(13)17)26(24,25)14-6-4-9-20-10-14/h4,6,9-10,13,15-17H,3,5,7-8,11-12,19H2,1-2H3/t13-,15+,16+,17+/m1/s1. The number of pyridine rings is 1. The molecule has 0 radical (unpaired) electrons. The van der Waals surface area contributed by atoms with Gasteiger partial charge in [0.2, 0.25) is 15.9 Å². The van der Waals surface area contributed by atoms with Crippen LogP contribution in [0.25, 0.3) is 0 Å². The molecule has 0 bridgehead atoms. The number of hydrogen-bond donors (Lipinski definition) is 1. The molecule has 0 aromatic carbocycles. The third-order valence-electron chi connectivity index (χ3n) is 5.82. The number of sulfonamides is 1. The summed E-state index contributed by atoms with van der Waals surface area (Å²) in [6.45, 7) is 2.98. The predicted octanol–water partition coefficient (Wildman–Crippen LogP) is 1.07. The van der Waals surface area contributed by atoms with Crippen molar-refractivity contribution >= 4 is 15.9 Å². The largest absolute Gasteiger partial charge is 0.341 e. The Morgan fingerprint density at radius 2 is 2.19 bits per heavy atom. The zero-order chi connectivity index (χ0) is 18.9. The van der Waals surface area contributed by atoms with Crippen LogP contribution in [0.5, 0.6) is 0 Å². The van der Waals surface area contributed by atoms with E-state index in [-0.39, 0.29) is 22.8 Å². The number of nitrogens with zero attached hydrogens (tertiary/aromatic N) is 3. The summed E-state index contributed by atoms with van der Waals surface area (Å²) in [5, 5.41) is 0. The van der Waals surface area contributed by atoms with Crippen LogP contribution < -0.4 is 5.73 Å². The van der Waals surface area contributed by atoms with Gasteiger partial charge in [0.1, 0.15) is 4.90 Å². The van der Waals surface area contributed by atoms with Crippen LogP contribution in [-0.2, 0) is 14.8 Å². The molecule has 8 heteroatoms. The summed E-state index contributed by atoms with van der Waals surface area (Å²) >= 11 is 0. The fraction of sp³-hybridized carbons (Fsp3) is 0.667. The predicted molar refractivity (Wildman–Crippen MR) is 98.7 cm³/mol. The summed E-state index contributed by atoms with van der Waals surface area (Å²) in [5.74, 6) is 0.430. The molecule has 1 aromatic rings. The van der Waals surface area contributed by atoms with Crippen molar-refractivity contribution in [3.05, 3.63) is 24.5 Å². The second-order valence-electron chi connectivity index (χ2n) is 7.42. The molecule has 0 spiro atoms. The van der Waals surface area contributed by atoms with E-state index in [1.165, 1.54) is 6.20 Å². The van der Waals surface area contributed by atoms with Gasteiger partial charge in [-0.25, -0.2) is 8.42 Å². The molecule has 0 unspecified atom stereocenters. The van der Waals surface area contributed by atoms with E-state index in [0.29, 0.717) is 25.4 Å². The van der Waals surface area contributed by atoms with Gasteiger partial charge in [-0.15, -0.1) is 0 Å². The molecular formula is C18H28N4O3S. The van der Waals surface area contributed by atoms with Gasteiger partial charge in [0.25, 0.3) is 0 Å². The Morgan fingerprint density at radius 1 is 1.42 bits per heavy atom. The molecule has 2 fully saturated rings. The van der Waals surface area contributed by atoms with Gasteiger partial charge >= 0.3 is 0 Å². The molecule has 4 atom stereocenters. The number of fused-ring (bicyclic) bond motifs is 1. The number of amides is 1. The lowest BCUT2D eigenvalue weighted by Crippen LogP contribution is -2.48. The number of nitrogens with two attached hydrogens (primary N) is 1. The quantitative estimate of drug-likeness (QED) is 0.796. The second-order valence-corrected chi connectivity index (χ2v) is 9.36. The Kier molecular flexibility index (Phi) is 5.64. The molecule has 2 N–H and O–H groups in total. The van der Waals surface area contributed by atoms with Crippen LogP contribution in [0.15, 0.2) is 29.4 Å². The molecule has 144 valence electrons. The number of likely N-dealkylation sites (N-methyl/N-ethyl adjacent to an activating group) is 1. The van der Waals surface area contributed by atoms with Crippen LogP contribution in [0.3, 0.4) is 0 Å². The van der Waals surface area contributed by atoms with Gasteiger partial charge in [0.05, 0.1) is 6.04 Å². The lowest BCUT2D eigenvalue weighted by molar-refractivity contribution is -0.134. The molecule has 26 heavy (non-hydrogen) atoms. The monoisotopic (exact) mass is 380 g/mol. The summed E-state index contributed by atoms with van der Waals surface area (Å²) in [4.78, 5) is 18.5. The van der Waals surface area contributed by atoms with E-state index in [4.69, 9.17) is 5.73 Å². The first-order valence-corrected chi connectivity index (χ1v) is 10.7. The average molecular weight is 381 g/mol. The summed E-state index contributed by atoms with van der Waals surface area (Å²) in [7, 11) is -1.72. The molecule has 1 aromatic heterocycles. The topological polar surface area (TPSA) is 96.6 Å². The summed E-state index contributed by atoms with van der Waals surface area (Å²) in [6, 6.07) is 2.80. The fourth-order valence-electron chi connectivity index (χ4n) is 4.38. The zero-order valence-corrected chi connectivity index (χ0v) is 16.2. The van der Waals surface area contributed by atoms with Gasteiger partial charge in [-0.3, -0.25) is 9.78 Å². The van der Waals surface area contributed by atoms with Gasteiger partial charge in [-0.1, -0.05) is 13.3 Å². The van der Waals surface area contributed by atoms with Crippen LogP contribution in [0.4, 0.5) is 0 Å². The van der Waals surface area contributed by atoms with Crippen LogP contribution in [0.1, 0.15) is 32.6 Å². The highest BCUT2D eigenvalue weighted by Gasteiger charge is 2.48. The molecule has 2 aliphatic rings. The van der Waals surface area contributed by atoms with Crippen molar-refractivity contribution in [3.8, 4) is 0 Å².